The molecule has 146 valence electrons. The zero-order chi connectivity index (χ0) is 20.1. The summed E-state index contributed by atoms with van der Waals surface area (Å²) in [5.74, 6) is 0.402. The van der Waals surface area contributed by atoms with Gasteiger partial charge in [-0.05, 0) is 49.2 Å². The van der Waals surface area contributed by atoms with Gasteiger partial charge in [0.15, 0.2) is 6.10 Å². The molecule has 0 fully saturated rings. The zero-order valence-corrected chi connectivity index (χ0v) is 15.7. The molecule has 7 heteroatoms. The molecular formula is C21H22N2O5. The molecule has 28 heavy (non-hydrogen) atoms. The van der Waals surface area contributed by atoms with Gasteiger partial charge in [0.25, 0.3) is 5.56 Å². The molecular weight excluding hydrogens is 360 g/mol. The number of carbonyl (C=O) groups is 1. The summed E-state index contributed by atoms with van der Waals surface area (Å²) in [5, 5.41) is 0. The number of esters is 1. The van der Waals surface area contributed by atoms with E-state index in [1.807, 2.05) is 25.1 Å². The number of hydrogen-bond donors (Lipinski definition) is 2. The first-order valence-electron chi connectivity index (χ1n) is 8.94. The summed E-state index contributed by atoms with van der Waals surface area (Å²) in [6.45, 7) is 3.91. The van der Waals surface area contributed by atoms with E-state index in [-0.39, 0.29) is 17.9 Å². The molecule has 7 nitrogen and oxygen atoms in total. The van der Waals surface area contributed by atoms with Gasteiger partial charge in [-0.3, -0.25) is 4.79 Å². The van der Waals surface area contributed by atoms with Gasteiger partial charge in [0.1, 0.15) is 11.5 Å². The van der Waals surface area contributed by atoms with Crippen LogP contribution in [0, 0.1) is 6.92 Å². The normalized spacial score (nSPS) is 11.8. The topological polar surface area (TPSA) is 108 Å². The van der Waals surface area contributed by atoms with Crippen molar-refractivity contribution < 1.29 is 18.7 Å². The van der Waals surface area contributed by atoms with Crippen molar-refractivity contribution in [1.29, 1.82) is 0 Å². The molecule has 0 aliphatic heterocycles. The summed E-state index contributed by atoms with van der Waals surface area (Å²) < 4.78 is 16.7. The van der Waals surface area contributed by atoms with Crippen LogP contribution in [-0.2, 0) is 11.2 Å². The summed E-state index contributed by atoms with van der Waals surface area (Å²) in [6.07, 6.45) is 1.39. The van der Waals surface area contributed by atoms with E-state index in [1.165, 1.54) is 12.3 Å². The maximum atomic E-state index is 11.9. The molecule has 0 aliphatic carbocycles. The third-order valence-corrected chi connectivity index (χ3v) is 4.34. The van der Waals surface area contributed by atoms with Crippen molar-refractivity contribution in [3.05, 3.63) is 81.7 Å². The van der Waals surface area contributed by atoms with Crippen LogP contribution < -0.4 is 16.0 Å². The summed E-state index contributed by atoms with van der Waals surface area (Å²) >= 11 is 0. The van der Waals surface area contributed by atoms with Crippen molar-refractivity contribution in [3.8, 4) is 5.75 Å². The lowest BCUT2D eigenvalue weighted by atomic mass is 10.00. The number of rotatable bonds is 7. The highest BCUT2D eigenvalue weighted by atomic mass is 16.5. The Labute approximate surface area is 162 Å². The molecule has 0 amide bonds. The van der Waals surface area contributed by atoms with Crippen molar-refractivity contribution >= 4 is 11.7 Å². The second-order valence-electron chi connectivity index (χ2n) is 6.25. The van der Waals surface area contributed by atoms with E-state index in [0.29, 0.717) is 23.6 Å². The molecule has 0 saturated heterocycles. The molecule has 0 radical (unpaired) electrons. The minimum atomic E-state index is -0.564. The fourth-order valence-electron chi connectivity index (χ4n) is 2.82. The van der Waals surface area contributed by atoms with E-state index in [1.54, 1.807) is 25.1 Å². The van der Waals surface area contributed by atoms with Crippen LogP contribution in [-0.4, -0.2) is 17.6 Å². The number of ether oxygens (including phenoxy) is 2. The Hall–Kier alpha value is -3.48. The molecule has 0 aliphatic rings. The summed E-state index contributed by atoms with van der Waals surface area (Å²) in [7, 11) is 0. The molecule has 1 atom stereocenters. The van der Waals surface area contributed by atoms with E-state index in [0.717, 1.165) is 11.1 Å². The zero-order valence-electron chi connectivity index (χ0n) is 15.7. The number of anilines is 1. The first kappa shape index (κ1) is 19.3. The average Bonchev–Trinajstić information content (AvgIpc) is 3.15. The van der Waals surface area contributed by atoms with Crippen LogP contribution >= 0.6 is 0 Å². The Bertz CT molecular complexity index is 1020. The highest BCUT2D eigenvalue weighted by molar-refractivity contribution is 5.86. The number of nitrogens with two attached hydrogens (primary N) is 1. The second kappa shape index (κ2) is 8.47. The average molecular weight is 382 g/mol. The number of benzene rings is 1. The Morgan fingerprint density at radius 3 is 2.82 bits per heavy atom. The van der Waals surface area contributed by atoms with Gasteiger partial charge in [-0.1, -0.05) is 12.1 Å². The predicted octanol–water partition coefficient (Wildman–Crippen LogP) is 3.40. The first-order valence-corrected chi connectivity index (χ1v) is 8.94. The molecule has 0 saturated carbocycles. The minimum Gasteiger partial charge on any atom is -0.482 e. The number of aromatic amines is 1. The molecule has 1 aromatic carbocycles. The maximum absolute atomic E-state index is 11.9. The highest BCUT2D eigenvalue weighted by Crippen LogP contribution is 2.29. The van der Waals surface area contributed by atoms with Gasteiger partial charge < -0.3 is 24.6 Å². The van der Waals surface area contributed by atoms with E-state index in [4.69, 9.17) is 19.6 Å². The van der Waals surface area contributed by atoms with Gasteiger partial charge in [0.05, 0.1) is 6.61 Å². The lowest BCUT2D eigenvalue weighted by Crippen LogP contribution is -2.13. The summed E-state index contributed by atoms with van der Waals surface area (Å²) in [4.78, 5) is 26.1. The van der Waals surface area contributed by atoms with Crippen molar-refractivity contribution in [1.82, 2.24) is 4.98 Å². The van der Waals surface area contributed by atoms with Crippen LogP contribution in [0.25, 0.3) is 0 Å². The quantitative estimate of drug-likeness (QED) is 0.479. The number of furan rings is 1. The smallest absolute Gasteiger partial charge is 0.374 e. The van der Waals surface area contributed by atoms with Gasteiger partial charge in [-0.15, -0.1) is 0 Å². The van der Waals surface area contributed by atoms with Crippen LogP contribution in [0.5, 0.6) is 5.75 Å². The lowest BCUT2D eigenvalue weighted by Gasteiger charge is -2.19. The summed E-state index contributed by atoms with van der Waals surface area (Å²) in [6, 6.07) is 11.9. The number of pyridine rings is 1. The fourth-order valence-corrected chi connectivity index (χ4v) is 2.82. The van der Waals surface area contributed by atoms with Gasteiger partial charge in [0.2, 0.25) is 5.76 Å². The van der Waals surface area contributed by atoms with Gasteiger partial charge >= 0.3 is 5.97 Å². The second-order valence-corrected chi connectivity index (χ2v) is 6.25. The Morgan fingerprint density at radius 2 is 2.07 bits per heavy atom. The van der Waals surface area contributed by atoms with Crippen LogP contribution in [0.3, 0.4) is 0 Å². The van der Waals surface area contributed by atoms with E-state index in [9.17, 15) is 9.59 Å². The molecule has 2 aromatic heterocycles. The first-order chi connectivity index (χ1) is 13.5. The van der Waals surface area contributed by atoms with E-state index >= 15 is 0 Å². The van der Waals surface area contributed by atoms with Gasteiger partial charge in [0, 0.05) is 24.4 Å². The third-order valence-electron chi connectivity index (χ3n) is 4.34. The van der Waals surface area contributed by atoms with Crippen molar-refractivity contribution in [3.63, 3.8) is 0 Å². The number of nitrogens with one attached hydrogen (secondary N) is 1. The predicted molar refractivity (Wildman–Crippen MR) is 104 cm³/mol. The molecule has 3 rings (SSSR count). The lowest BCUT2D eigenvalue weighted by molar-refractivity contribution is 0.0482. The van der Waals surface area contributed by atoms with Gasteiger partial charge in [-0.2, -0.15) is 0 Å². The SMILES string of the molecule is CCOC(=O)c1ccc(C(Cc2cccc(N)c2C)Oc2cc[nH]c(=O)c2)o1. The molecule has 1 unspecified atom stereocenters. The Balaban J connectivity index is 1.93. The van der Waals surface area contributed by atoms with Crippen LogP contribution in [0.2, 0.25) is 0 Å². The molecule has 0 bridgehead atoms. The third kappa shape index (κ3) is 4.43. The van der Waals surface area contributed by atoms with Gasteiger partial charge in [-0.25, -0.2) is 4.79 Å². The largest absolute Gasteiger partial charge is 0.482 e. The van der Waals surface area contributed by atoms with Crippen LogP contribution in [0.1, 0.15) is 40.5 Å². The molecule has 3 aromatic rings. The molecule has 3 N–H and O–H groups in total. The van der Waals surface area contributed by atoms with Crippen LogP contribution in [0.4, 0.5) is 5.69 Å². The van der Waals surface area contributed by atoms with Crippen LogP contribution in [0.15, 0.2) is 57.9 Å². The number of nitrogen functional groups attached to an aromatic ring is 1. The Morgan fingerprint density at radius 1 is 1.25 bits per heavy atom. The van der Waals surface area contributed by atoms with Crippen molar-refractivity contribution in [2.24, 2.45) is 0 Å². The molecule has 2 heterocycles. The summed E-state index contributed by atoms with van der Waals surface area (Å²) in [5.41, 5.74) is 8.34. The number of aromatic nitrogens is 1. The standard InChI is InChI=1S/C21H22N2O5/c1-3-26-21(25)18-8-7-17(28-18)19(27-15-9-10-23-20(24)12-15)11-14-5-4-6-16(22)13(14)2/h4-10,12,19H,3,11,22H2,1-2H3,(H,23,24). The minimum absolute atomic E-state index is 0.0978. The number of H-pyrrole nitrogens is 1. The van der Waals surface area contributed by atoms with E-state index < -0.39 is 12.1 Å². The van der Waals surface area contributed by atoms with Crippen molar-refractivity contribution in [2.75, 3.05) is 12.3 Å². The monoisotopic (exact) mass is 382 g/mol. The number of hydrogen-bond acceptors (Lipinski definition) is 6. The highest BCUT2D eigenvalue weighted by Gasteiger charge is 2.22. The number of carbonyl (C=O) groups excluding carboxylic acids is 1. The molecule has 0 spiro atoms. The Kier molecular flexibility index (Phi) is 5.84. The van der Waals surface area contributed by atoms with E-state index in [2.05, 4.69) is 4.98 Å². The maximum Gasteiger partial charge on any atom is 0.374 e. The van der Waals surface area contributed by atoms with Crippen molar-refractivity contribution in [2.45, 2.75) is 26.4 Å². The fraction of sp³-hybridized carbons (Fsp3) is 0.238.